The molecule has 0 spiro atoms. The van der Waals surface area contributed by atoms with E-state index in [1.165, 1.54) is 0 Å². The van der Waals surface area contributed by atoms with Crippen LogP contribution in [-0.2, 0) is 0 Å². The molecule has 1 aliphatic heterocycles. The van der Waals surface area contributed by atoms with Crippen molar-refractivity contribution in [3.63, 3.8) is 0 Å². The van der Waals surface area contributed by atoms with Crippen molar-refractivity contribution in [2.75, 3.05) is 13.9 Å². The van der Waals surface area contributed by atoms with Crippen LogP contribution in [0.25, 0.3) is 0 Å². The molecular weight excluding hydrogens is 184 g/mol. The van der Waals surface area contributed by atoms with E-state index in [1.807, 2.05) is 0 Å². The van der Waals surface area contributed by atoms with E-state index >= 15 is 0 Å². The van der Waals surface area contributed by atoms with E-state index in [9.17, 15) is 5.11 Å². The molecule has 76 valence electrons. The van der Waals surface area contributed by atoms with Crippen LogP contribution in [0.1, 0.15) is 18.6 Å². The smallest absolute Gasteiger partial charge is 0.231 e. The van der Waals surface area contributed by atoms with E-state index in [-0.39, 0.29) is 6.79 Å². The Labute approximate surface area is 82.0 Å². The first-order valence-electron chi connectivity index (χ1n) is 4.38. The summed E-state index contributed by atoms with van der Waals surface area (Å²) in [6.07, 6.45) is -0.584. The van der Waals surface area contributed by atoms with Gasteiger partial charge in [-0.25, -0.2) is 0 Å². The fraction of sp³-hybridized carbons (Fsp3) is 0.400. The summed E-state index contributed by atoms with van der Waals surface area (Å²) in [7, 11) is 1.54. The minimum atomic E-state index is -0.584. The number of benzene rings is 1. The largest absolute Gasteiger partial charge is 0.492 e. The Kier molecular flexibility index (Phi) is 2.21. The maximum Gasteiger partial charge on any atom is 0.231 e. The van der Waals surface area contributed by atoms with Gasteiger partial charge in [-0.2, -0.15) is 0 Å². The van der Waals surface area contributed by atoms with Crippen LogP contribution >= 0.6 is 0 Å². The Balaban J connectivity index is 2.54. The third-order valence-corrected chi connectivity index (χ3v) is 2.18. The molecule has 14 heavy (non-hydrogen) atoms. The second kappa shape index (κ2) is 3.38. The molecule has 1 atom stereocenters. The van der Waals surface area contributed by atoms with Gasteiger partial charge >= 0.3 is 0 Å². The Morgan fingerprint density at radius 1 is 1.43 bits per heavy atom. The molecular formula is C10H12O4. The predicted octanol–water partition coefficient (Wildman–Crippen LogP) is 1.48. The van der Waals surface area contributed by atoms with E-state index in [0.29, 0.717) is 22.8 Å². The highest BCUT2D eigenvalue weighted by atomic mass is 16.7. The number of fused-ring (bicyclic) bond motifs is 1. The van der Waals surface area contributed by atoms with E-state index in [1.54, 1.807) is 26.2 Å². The third kappa shape index (κ3) is 1.28. The normalized spacial score (nSPS) is 15.4. The number of methoxy groups -OCH3 is 1. The van der Waals surface area contributed by atoms with Crippen molar-refractivity contribution in [2.24, 2.45) is 0 Å². The second-order valence-corrected chi connectivity index (χ2v) is 3.10. The highest BCUT2D eigenvalue weighted by Crippen LogP contribution is 2.44. The number of aliphatic hydroxyl groups excluding tert-OH is 1. The van der Waals surface area contributed by atoms with Crippen LogP contribution in [0.3, 0.4) is 0 Å². The van der Waals surface area contributed by atoms with Gasteiger partial charge < -0.3 is 19.3 Å². The summed E-state index contributed by atoms with van der Waals surface area (Å²) in [6, 6.07) is 3.55. The molecule has 0 fully saturated rings. The zero-order chi connectivity index (χ0) is 10.1. The molecule has 1 aliphatic rings. The summed E-state index contributed by atoms with van der Waals surface area (Å²) in [5.74, 6) is 1.78. The van der Waals surface area contributed by atoms with Crippen LogP contribution in [0.15, 0.2) is 12.1 Å². The average molecular weight is 196 g/mol. The van der Waals surface area contributed by atoms with Gasteiger partial charge in [-0.15, -0.1) is 0 Å². The summed E-state index contributed by atoms with van der Waals surface area (Å²) < 4.78 is 15.6. The quantitative estimate of drug-likeness (QED) is 0.778. The van der Waals surface area contributed by atoms with Gasteiger partial charge in [-0.3, -0.25) is 0 Å². The number of rotatable bonds is 2. The molecule has 1 heterocycles. The van der Waals surface area contributed by atoms with Crippen LogP contribution in [0.4, 0.5) is 0 Å². The molecule has 1 aromatic rings. The molecule has 1 N–H and O–H groups in total. The predicted molar refractivity (Wildman–Crippen MR) is 49.8 cm³/mol. The topological polar surface area (TPSA) is 47.9 Å². The molecule has 0 amide bonds. The number of aliphatic hydroxyl groups is 1. The Morgan fingerprint density at radius 3 is 2.86 bits per heavy atom. The van der Waals surface area contributed by atoms with Gasteiger partial charge in [-0.1, -0.05) is 0 Å². The van der Waals surface area contributed by atoms with Crippen LogP contribution in [0, 0.1) is 0 Å². The van der Waals surface area contributed by atoms with Crippen molar-refractivity contribution in [3.05, 3.63) is 17.7 Å². The molecule has 0 saturated heterocycles. The van der Waals surface area contributed by atoms with Gasteiger partial charge in [-0.05, 0) is 19.1 Å². The Bertz CT molecular complexity index is 346. The highest BCUT2D eigenvalue weighted by Gasteiger charge is 2.23. The van der Waals surface area contributed by atoms with Gasteiger partial charge in [0, 0.05) is 5.56 Å². The van der Waals surface area contributed by atoms with Gasteiger partial charge in [0.05, 0.1) is 13.2 Å². The van der Waals surface area contributed by atoms with Crippen LogP contribution in [-0.4, -0.2) is 19.0 Å². The van der Waals surface area contributed by atoms with Crippen molar-refractivity contribution in [1.29, 1.82) is 0 Å². The van der Waals surface area contributed by atoms with Crippen molar-refractivity contribution in [1.82, 2.24) is 0 Å². The van der Waals surface area contributed by atoms with Crippen LogP contribution in [0.5, 0.6) is 17.2 Å². The fourth-order valence-corrected chi connectivity index (χ4v) is 1.50. The zero-order valence-electron chi connectivity index (χ0n) is 8.11. The Hall–Kier alpha value is -1.42. The number of hydrogen-bond acceptors (Lipinski definition) is 4. The zero-order valence-corrected chi connectivity index (χ0v) is 8.11. The molecule has 4 heteroatoms. The van der Waals surface area contributed by atoms with Crippen molar-refractivity contribution in [2.45, 2.75) is 13.0 Å². The summed E-state index contributed by atoms with van der Waals surface area (Å²) in [5, 5.41) is 9.49. The molecule has 1 unspecified atom stereocenters. The second-order valence-electron chi connectivity index (χ2n) is 3.10. The first-order valence-corrected chi connectivity index (χ1v) is 4.38. The molecule has 1 aromatic carbocycles. The first-order chi connectivity index (χ1) is 6.74. The first kappa shape index (κ1) is 9.15. The molecule has 0 saturated carbocycles. The van der Waals surface area contributed by atoms with E-state index in [2.05, 4.69) is 0 Å². The maximum absolute atomic E-state index is 9.49. The van der Waals surface area contributed by atoms with Gasteiger partial charge in [0.25, 0.3) is 0 Å². The number of ether oxygens (including phenoxy) is 3. The minimum Gasteiger partial charge on any atom is -0.492 e. The standard InChI is InChI=1S/C10H12O4/c1-6(11)7-3-4-8-10(9(7)12-2)14-5-13-8/h3-4,6,11H,5H2,1-2H3. The van der Waals surface area contributed by atoms with Gasteiger partial charge in [0.1, 0.15) is 0 Å². The lowest BCUT2D eigenvalue weighted by molar-refractivity contribution is 0.169. The Morgan fingerprint density at radius 2 is 2.21 bits per heavy atom. The lowest BCUT2D eigenvalue weighted by Gasteiger charge is -2.12. The summed E-state index contributed by atoms with van der Waals surface area (Å²) in [6.45, 7) is 1.88. The monoisotopic (exact) mass is 196 g/mol. The number of hydrogen-bond donors (Lipinski definition) is 1. The van der Waals surface area contributed by atoms with Crippen molar-refractivity contribution >= 4 is 0 Å². The SMILES string of the molecule is COc1c(C(C)O)ccc2c1OCO2. The van der Waals surface area contributed by atoms with E-state index < -0.39 is 6.10 Å². The maximum atomic E-state index is 9.49. The molecule has 0 aromatic heterocycles. The molecule has 2 rings (SSSR count). The summed E-state index contributed by atoms with van der Waals surface area (Å²) >= 11 is 0. The van der Waals surface area contributed by atoms with Crippen molar-refractivity contribution < 1.29 is 19.3 Å². The van der Waals surface area contributed by atoms with Gasteiger partial charge in [0.2, 0.25) is 12.5 Å². The fourth-order valence-electron chi connectivity index (χ4n) is 1.50. The summed E-state index contributed by atoms with van der Waals surface area (Å²) in [4.78, 5) is 0. The molecule has 4 nitrogen and oxygen atoms in total. The average Bonchev–Trinajstić information content (AvgIpc) is 2.63. The van der Waals surface area contributed by atoms with Gasteiger partial charge in [0.15, 0.2) is 11.5 Å². The molecule has 0 aliphatic carbocycles. The minimum absolute atomic E-state index is 0.203. The van der Waals surface area contributed by atoms with E-state index in [4.69, 9.17) is 14.2 Å². The molecule has 0 bridgehead atoms. The lowest BCUT2D eigenvalue weighted by Crippen LogP contribution is -1.98. The van der Waals surface area contributed by atoms with Crippen molar-refractivity contribution in [3.8, 4) is 17.2 Å². The van der Waals surface area contributed by atoms with Crippen LogP contribution in [0.2, 0.25) is 0 Å². The molecule has 0 radical (unpaired) electrons. The summed E-state index contributed by atoms with van der Waals surface area (Å²) in [5.41, 5.74) is 0.705. The third-order valence-electron chi connectivity index (χ3n) is 2.18. The van der Waals surface area contributed by atoms with Crippen LogP contribution < -0.4 is 14.2 Å². The highest BCUT2D eigenvalue weighted by molar-refractivity contribution is 5.57. The van der Waals surface area contributed by atoms with E-state index in [0.717, 1.165) is 0 Å². The lowest BCUT2D eigenvalue weighted by atomic mass is 10.1.